The van der Waals surface area contributed by atoms with E-state index in [0.717, 1.165) is 24.3 Å². The normalized spacial score (nSPS) is 24.8. The van der Waals surface area contributed by atoms with Gasteiger partial charge in [0.05, 0.1) is 11.1 Å². The number of hydrogen-bond acceptors (Lipinski definition) is 3. The quantitative estimate of drug-likeness (QED) is 0.762. The molecular weight excluding hydrogens is 347 g/mol. The lowest BCUT2D eigenvalue weighted by Crippen LogP contribution is -2.49. The topological polar surface area (TPSA) is 57.7 Å². The van der Waals surface area contributed by atoms with Crippen LogP contribution in [0.25, 0.3) is 0 Å². The molecule has 1 aliphatic carbocycles. The van der Waals surface area contributed by atoms with Crippen molar-refractivity contribution in [2.45, 2.75) is 57.4 Å². The molecule has 2 heterocycles. The van der Waals surface area contributed by atoms with Gasteiger partial charge >= 0.3 is 0 Å². The number of carbonyl (C=O) groups excluding carboxylic acids is 3. The van der Waals surface area contributed by atoms with E-state index in [1.807, 2.05) is 4.90 Å². The third kappa shape index (κ3) is 3.26. The van der Waals surface area contributed by atoms with E-state index < -0.39 is 17.6 Å². The van der Waals surface area contributed by atoms with E-state index in [2.05, 4.69) is 0 Å². The molecular formula is C21H25FN2O3. The summed E-state index contributed by atoms with van der Waals surface area (Å²) in [5.74, 6) is -0.968. The van der Waals surface area contributed by atoms with Crippen LogP contribution in [0.5, 0.6) is 0 Å². The molecule has 2 fully saturated rings. The molecule has 6 heteroatoms. The van der Waals surface area contributed by atoms with Gasteiger partial charge in [0.1, 0.15) is 5.82 Å². The molecule has 0 radical (unpaired) electrons. The summed E-state index contributed by atoms with van der Waals surface area (Å²) in [6.45, 7) is 0.970. The third-order valence-corrected chi connectivity index (χ3v) is 6.28. The molecule has 2 atom stereocenters. The first-order chi connectivity index (χ1) is 13.1. The third-order valence-electron chi connectivity index (χ3n) is 6.28. The van der Waals surface area contributed by atoms with Crippen molar-refractivity contribution >= 4 is 17.7 Å². The Morgan fingerprint density at radius 2 is 1.85 bits per heavy atom. The van der Waals surface area contributed by atoms with Crippen LogP contribution in [-0.2, 0) is 4.79 Å². The maximum absolute atomic E-state index is 13.9. The lowest BCUT2D eigenvalue weighted by molar-refractivity contribution is -0.137. The van der Waals surface area contributed by atoms with Gasteiger partial charge in [0.2, 0.25) is 5.91 Å². The predicted octanol–water partition coefficient (Wildman–Crippen LogP) is 3.38. The Hall–Kier alpha value is -2.24. The Morgan fingerprint density at radius 3 is 2.67 bits per heavy atom. The number of imide groups is 1. The van der Waals surface area contributed by atoms with Crippen molar-refractivity contribution in [2.24, 2.45) is 5.92 Å². The van der Waals surface area contributed by atoms with Crippen molar-refractivity contribution in [1.82, 2.24) is 9.80 Å². The Labute approximate surface area is 158 Å². The molecule has 2 unspecified atom stereocenters. The maximum atomic E-state index is 13.9. The number of fused-ring (bicyclic) bond motifs is 2. The molecule has 2 aliphatic heterocycles. The average Bonchev–Trinajstić information content (AvgIpc) is 2.93. The molecule has 0 aromatic heterocycles. The predicted molar refractivity (Wildman–Crippen MR) is 97.7 cm³/mol. The highest BCUT2D eigenvalue weighted by Gasteiger charge is 2.38. The zero-order valence-electron chi connectivity index (χ0n) is 15.5. The van der Waals surface area contributed by atoms with Crippen LogP contribution in [-0.4, -0.2) is 46.7 Å². The fourth-order valence-corrected chi connectivity index (χ4v) is 4.96. The zero-order valence-corrected chi connectivity index (χ0v) is 15.5. The number of rotatable bonds is 4. The molecule has 5 nitrogen and oxygen atoms in total. The van der Waals surface area contributed by atoms with Crippen molar-refractivity contribution < 1.29 is 18.8 Å². The van der Waals surface area contributed by atoms with Gasteiger partial charge in [0.25, 0.3) is 11.8 Å². The molecule has 0 spiro atoms. The summed E-state index contributed by atoms with van der Waals surface area (Å²) in [4.78, 5) is 40.6. The fraction of sp³-hybridized carbons (Fsp3) is 0.571. The second kappa shape index (κ2) is 7.41. The molecule has 1 aromatic rings. The van der Waals surface area contributed by atoms with Crippen LogP contribution in [0.15, 0.2) is 18.2 Å². The van der Waals surface area contributed by atoms with E-state index in [-0.39, 0.29) is 23.6 Å². The average molecular weight is 372 g/mol. The number of hydrogen-bond donors (Lipinski definition) is 0. The minimum Gasteiger partial charge on any atom is -0.339 e. The minimum absolute atomic E-state index is 0.118. The Kier molecular flexibility index (Phi) is 4.98. The monoisotopic (exact) mass is 372 g/mol. The minimum atomic E-state index is -0.666. The molecule has 27 heavy (non-hydrogen) atoms. The molecule has 3 amide bonds. The van der Waals surface area contributed by atoms with Gasteiger partial charge < -0.3 is 4.90 Å². The van der Waals surface area contributed by atoms with Gasteiger partial charge in [0, 0.05) is 25.6 Å². The second-order valence-electron chi connectivity index (χ2n) is 7.87. The Morgan fingerprint density at radius 1 is 1.07 bits per heavy atom. The van der Waals surface area contributed by atoms with Crippen LogP contribution in [0.2, 0.25) is 0 Å². The van der Waals surface area contributed by atoms with Crippen LogP contribution >= 0.6 is 0 Å². The summed E-state index contributed by atoms with van der Waals surface area (Å²) in [7, 11) is 0. The summed E-state index contributed by atoms with van der Waals surface area (Å²) in [6.07, 6.45) is 7.77. The van der Waals surface area contributed by atoms with Gasteiger partial charge in [-0.25, -0.2) is 4.39 Å². The summed E-state index contributed by atoms with van der Waals surface area (Å²) >= 11 is 0. The van der Waals surface area contributed by atoms with Gasteiger partial charge in [-0.3, -0.25) is 19.3 Å². The number of likely N-dealkylation sites (tertiary alicyclic amines) is 1. The van der Waals surface area contributed by atoms with E-state index in [9.17, 15) is 18.8 Å². The van der Waals surface area contributed by atoms with Crippen LogP contribution in [0, 0.1) is 11.7 Å². The number of benzene rings is 1. The van der Waals surface area contributed by atoms with E-state index in [4.69, 9.17) is 0 Å². The van der Waals surface area contributed by atoms with Gasteiger partial charge in [-0.1, -0.05) is 18.9 Å². The maximum Gasteiger partial charge on any atom is 0.264 e. The number of halogens is 1. The van der Waals surface area contributed by atoms with Gasteiger partial charge in [-0.15, -0.1) is 0 Å². The number of nitrogens with zero attached hydrogens (tertiary/aromatic N) is 2. The first-order valence-corrected chi connectivity index (χ1v) is 10.0. The highest BCUT2D eigenvalue weighted by Crippen LogP contribution is 2.35. The lowest BCUT2D eigenvalue weighted by atomic mass is 9.78. The molecule has 1 saturated heterocycles. The van der Waals surface area contributed by atoms with E-state index in [0.29, 0.717) is 24.8 Å². The fourth-order valence-electron chi connectivity index (χ4n) is 4.96. The summed E-state index contributed by atoms with van der Waals surface area (Å²) in [6, 6.07) is 4.46. The van der Waals surface area contributed by atoms with Gasteiger partial charge in [-0.05, 0) is 50.2 Å². The van der Waals surface area contributed by atoms with Crippen LogP contribution < -0.4 is 0 Å². The van der Waals surface area contributed by atoms with Crippen molar-refractivity contribution in [3.63, 3.8) is 0 Å². The van der Waals surface area contributed by atoms with Crippen molar-refractivity contribution in [1.29, 1.82) is 0 Å². The SMILES string of the molecule is O=C1c2cccc(F)c2C(=O)N1CCCC(=O)N1CCCC2CCCCC21. The lowest BCUT2D eigenvalue weighted by Gasteiger charge is -2.44. The van der Waals surface area contributed by atoms with Crippen LogP contribution in [0.3, 0.4) is 0 Å². The van der Waals surface area contributed by atoms with Crippen molar-refractivity contribution in [3.8, 4) is 0 Å². The standard InChI is InChI=1S/C21H25FN2O3/c22-16-9-3-8-15-19(16)21(27)24(20(15)26)13-5-11-18(25)23-12-4-7-14-6-1-2-10-17(14)23/h3,8-9,14,17H,1-2,4-7,10-13H2. The summed E-state index contributed by atoms with van der Waals surface area (Å²) in [5.41, 5.74) is -0.0256. The summed E-state index contributed by atoms with van der Waals surface area (Å²) < 4.78 is 13.9. The van der Waals surface area contributed by atoms with Crippen LogP contribution in [0.4, 0.5) is 4.39 Å². The second-order valence-corrected chi connectivity index (χ2v) is 7.87. The molecule has 1 saturated carbocycles. The van der Waals surface area contributed by atoms with Gasteiger partial charge in [0.15, 0.2) is 0 Å². The first kappa shape index (κ1) is 18.1. The van der Waals surface area contributed by atoms with Crippen molar-refractivity contribution in [2.75, 3.05) is 13.1 Å². The van der Waals surface area contributed by atoms with E-state index in [1.165, 1.54) is 43.9 Å². The van der Waals surface area contributed by atoms with Crippen molar-refractivity contribution in [3.05, 3.63) is 35.1 Å². The molecule has 0 N–H and O–H groups in total. The molecule has 144 valence electrons. The van der Waals surface area contributed by atoms with Gasteiger partial charge in [-0.2, -0.15) is 0 Å². The molecule has 4 rings (SSSR count). The molecule has 3 aliphatic rings. The van der Waals surface area contributed by atoms with Crippen LogP contribution in [0.1, 0.15) is 72.1 Å². The zero-order chi connectivity index (χ0) is 19.0. The number of amides is 3. The largest absolute Gasteiger partial charge is 0.339 e. The van der Waals surface area contributed by atoms with E-state index >= 15 is 0 Å². The molecule has 1 aromatic carbocycles. The Balaban J connectivity index is 1.35. The highest BCUT2D eigenvalue weighted by molar-refractivity contribution is 6.21. The molecule has 0 bridgehead atoms. The Bertz CT molecular complexity index is 777. The highest BCUT2D eigenvalue weighted by atomic mass is 19.1. The first-order valence-electron chi connectivity index (χ1n) is 10.0. The smallest absolute Gasteiger partial charge is 0.264 e. The van der Waals surface area contributed by atoms with E-state index in [1.54, 1.807) is 0 Å². The number of carbonyl (C=O) groups is 3. The summed E-state index contributed by atoms with van der Waals surface area (Å²) in [5, 5.41) is 0. The number of piperidine rings is 1.